The second-order valence-corrected chi connectivity index (χ2v) is 23.0. The highest BCUT2D eigenvalue weighted by Gasteiger charge is 2.26. The van der Waals surface area contributed by atoms with Crippen LogP contribution in [-0.4, -0.2) is 9.13 Å². The van der Waals surface area contributed by atoms with Crippen LogP contribution in [0.2, 0.25) is 0 Å². The van der Waals surface area contributed by atoms with Crippen molar-refractivity contribution in [2.75, 3.05) is 0 Å². The predicted octanol–water partition coefficient (Wildman–Crippen LogP) is 16.7. The van der Waals surface area contributed by atoms with Crippen LogP contribution in [0.15, 0.2) is 84.9 Å². The monoisotopic (exact) mass is 794 g/mol. The van der Waals surface area contributed by atoms with Crippen molar-refractivity contribution in [1.29, 1.82) is 0 Å². The fourth-order valence-electron chi connectivity index (χ4n) is 9.63. The lowest BCUT2D eigenvalue weighted by atomic mass is 9.83. The second kappa shape index (κ2) is 12.8. The van der Waals surface area contributed by atoms with E-state index in [4.69, 9.17) is 0 Å². The Labute approximate surface area is 355 Å². The average Bonchev–Trinajstić information content (AvgIpc) is 3.78. The minimum absolute atomic E-state index is 0.0491. The summed E-state index contributed by atoms with van der Waals surface area (Å²) in [6.07, 6.45) is 0. The minimum Gasteiger partial charge on any atom is -0.309 e. The van der Waals surface area contributed by atoms with Crippen molar-refractivity contribution in [3.05, 3.63) is 129 Å². The van der Waals surface area contributed by atoms with E-state index in [1.54, 1.807) is 0 Å². The summed E-state index contributed by atoms with van der Waals surface area (Å²) in [5.41, 5.74) is 18.7. The third kappa shape index (κ3) is 6.25. The van der Waals surface area contributed by atoms with Crippen LogP contribution in [0, 0.1) is 27.7 Å². The van der Waals surface area contributed by atoms with E-state index < -0.39 is 0 Å². The van der Waals surface area contributed by atoms with Crippen LogP contribution in [0.5, 0.6) is 0 Å². The van der Waals surface area contributed by atoms with Crippen LogP contribution in [0.25, 0.3) is 75.2 Å². The highest BCUT2D eigenvalue weighted by atomic mass is 32.1. The molecule has 0 radical (unpaired) electrons. The predicted molar refractivity (Wildman–Crippen MR) is 262 cm³/mol. The summed E-state index contributed by atoms with van der Waals surface area (Å²) in [5, 5.41) is 8.00. The molecular weight excluding hydrogens is 733 g/mol. The summed E-state index contributed by atoms with van der Waals surface area (Å²) in [4.78, 5) is 0. The van der Waals surface area contributed by atoms with Crippen molar-refractivity contribution < 1.29 is 0 Å². The van der Waals surface area contributed by atoms with Gasteiger partial charge in [-0.25, -0.2) is 0 Å². The lowest BCUT2D eigenvalue weighted by Gasteiger charge is -2.21. The van der Waals surface area contributed by atoms with Gasteiger partial charge in [-0.2, -0.15) is 0 Å². The topological polar surface area (TPSA) is 9.86 Å². The van der Waals surface area contributed by atoms with Gasteiger partial charge >= 0.3 is 0 Å². The zero-order chi connectivity index (χ0) is 42.5. The molecule has 0 aliphatic rings. The van der Waals surface area contributed by atoms with E-state index in [1.807, 2.05) is 11.3 Å². The summed E-state index contributed by atoms with van der Waals surface area (Å²) in [5.74, 6) is 0. The molecule has 0 aliphatic heterocycles. The number of fused-ring (bicyclic) bond motifs is 9. The number of aromatic nitrogens is 2. The Morgan fingerprint density at radius 2 is 0.576 bits per heavy atom. The number of benzene rings is 6. The molecule has 0 atom stereocenters. The third-order valence-electron chi connectivity index (χ3n) is 13.1. The molecule has 0 saturated carbocycles. The van der Waals surface area contributed by atoms with E-state index in [2.05, 4.69) is 205 Å². The number of hydrogen-bond acceptors (Lipinski definition) is 1. The largest absolute Gasteiger partial charge is 0.309 e. The van der Waals surface area contributed by atoms with Gasteiger partial charge in [0.15, 0.2) is 0 Å². The smallest absolute Gasteiger partial charge is 0.0570 e. The van der Waals surface area contributed by atoms with Crippen molar-refractivity contribution in [2.45, 2.75) is 132 Å². The Kier molecular flexibility index (Phi) is 8.61. The maximum Gasteiger partial charge on any atom is 0.0570 e. The van der Waals surface area contributed by atoms with E-state index >= 15 is 0 Å². The Morgan fingerprint density at radius 1 is 0.322 bits per heavy atom. The highest BCUT2D eigenvalue weighted by Crippen LogP contribution is 2.45. The maximum atomic E-state index is 2.57. The molecule has 302 valence electrons. The molecule has 0 bridgehead atoms. The Balaban J connectivity index is 1.33. The molecule has 0 unspecified atom stereocenters. The molecular formula is C56H62N2S. The van der Waals surface area contributed by atoms with Crippen molar-refractivity contribution in [1.82, 2.24) is 9.13 Å². The number of hydrogen-bond donors (Lipinski definition) is 0. The lowest BCUT2D eigenvalue weighted by Crippen LogP contribution is -2.11. The van der Waals surface area contributed by atoms with Gasteiger partial charge in [-0.15, -0.1) is 11.3 Å². The SMILES string of the molecule is Cc1cc(C(C)(C)C)cc2c3cc(C(C)(C)C)cc(C)c3n(-c3ccc4sc5ccc(-n6c7c(C)cc(C(C)(C)C)cc7c7cc(C(C)(C)C)cc(C)c76)cc5c4c3)c12. The van der Waals surface area contributed by atoms with E-state index in [9.17, 15) is 0 Å². The molecule has 6 aromatic carbocycles. The van der Waals surface area contributed by atoms with E-state index in [0.29, 0.717) is 0 Å². The number of aryl methyl sites for hydroxylation is 4. The van der Waals surface area contributed by atoms with Crippen LogP contribution >= 0.6 is 11.3 Å². The summed E-state index contributed by atoms with van der Waals surface area (Å²) in [6.45, 7) is 37.2. The molecule has 3 heterocycles. The Hall–Kier alpha value is -4.86. The molecule has 3 aromatic heterocycles. The first-order valence-electron chi connectivity index (χ1n) is 21.6. The fraction of sp³-hybridized carbons (Fsp3) is 0.357. The first-order chi connectivity index (χ1) is 27.4. The molecule has 9 rings (SSSR count). The van der Waals surface area contributed by atoms with Gasteiger partial charge in [0, 0.05) is 53.1 Å². The zero-order valence-corrected chi connectivity index (χ0v) is 39.2. The quantitative estimate of drug-likeness (QED) is 0.165. The van der Waals surface area contributed by atoms with Gasteiger partial charge < -0.3 is 9.13 Å². The van der Waals surface area contributed by atoms with Gasteiger partial charge in [-0.05, 0) is 155 Å². The molecule has 3 heteroatoms. The molecule has 59 heavy (non-hydrogen) atoms. The molecule has 0 spiro atoms. The second-order valence-electron chi connectivity index (χ2n) is 21.9. The molecule has 0 amide bonds. The summed E-state index contributed by atoms with van der Waals surface area (Å²) >= 11 is 1.90. The fourth-order valence-corrected chi connectivity index (χ4v) is 10.7. The Bertz CT molecular complexity index is 2850. The van der Waals surface area contributed by atoms with E-state index in [-0.39, 0.29) is 21.7 Å². The molecule has 0 fully saturated rings. The van der Waals surface area contributed by atoms with Gasteiger partial charge in [-0.3, -0.25) is 0 Å². The number of thiophene rings is 1. The highest BCUT2D eigenvalue weighted by molar-refractivity contribution is 7.25. The molecule has 0 saturated heterocycles. The molecule has 0 aliphatic carbocycles. The van der Waals surface area contributed by atoms with Crippen LogP contribution in [0.1, 0.15) is 128 Å². The van der Waals surface area contributed by atoms with Gasteiger partial charge in [-0.1, -0.05) is 107 Å². The van der Waals surface area contributed by atoms with Gasteiger partial charge in [0.05, 0.1) is 22.1 Å². The van der Waals surface area contributed by atoms with Gasteiger partial charge in [0.1, 0.15) is 0 Å². The molecule has 9 aromatic rings. The van der Waals surface area contributed by atoms with Crippen molar-refractivity contribution in [2.24, 2.45) is 0 Å². The van der Waals surface area contributed by atoms with E-state index in [1.165, 1.54) is 120 Å². The normalized spacial score (nSPS) is 13.4. The summed E-state index contributed by atoms with van der Waals surface area (Å²) in [7, 11) is 0. The third-order valence-corrected chi connectivity index (χ3v) is 14.2. The van der Waals surface area contributed by atoms with Crippen LogP contribution in [0.3, 0.4) is 0 Å². The van der Waals surface area contributed by atoms with Crippen molar-refractivity contribution >= 4 is 75.1 Å². The summed E-state index contributed by atoms with van der Waals surface area (Å²) < 4.78 is 7.78. The van der Waals surface area contributed by atoms with Crippen molar-refractivity contribution in [3.8, 4) is 11.4 Å². The van der Waals surface area contributed by atoms with Gasteiger partial charge in [0.2, 0.25) is 0 Å². The lowest BCUT2D eigenvalue weighted by molar-refractivity contribution is 0.590. The summed E-state index contributed by atoms with van der Waals surface area (Å²) in [6, 6.07) is 34.0. The van der Waals surface area contributed by atoms with Crippen LogP contribution in [-0.2, 0) is 21.7 Å². The average molecular weight is 795 g/mol. The first kappa shape index (κ1) is 39.6. The van der Waals surface area contributed by atoms with E-state index in [0.717, 1.165) is 0 Å². The van der Waals surface area contributed by atoms with Gasteiger partial charge in [0.25, 0.3) is 0 Å². The zero-order valence-electron chi connectivity index (χ0n) is 38.4. The molecule has 0 N–H and O–H groups in total. The van der Waals surface area contributed by atoms with Crippen LogP contribution in [0.4, 0.5) is 0 Å². The molecule has 2 nitrogen and oxygen atoms in total. The van der Waals surface area contributed by atoms with Crippen molar-refractivity contribution in [3.63, 3.8) is 0 Å². The first-order valence-corrected chi connectivity index (χ1v) is 22.4. The minimum atomic E-state index is 0.0491. The Morgan fingerprint density at radius 3 is 0.814 bits per heavy atom. The van der Waals surface area contributed by atoms with Crippen LogP contribution < -0.4 is 0 Å². The standard InChI is InChI=1S/C56H62N2S/c1-31-21-35(53(5,6)7)25-43-44-26-36(54(8,9)10)22-32(2)50(44)57(49(31)43)39-17-19-47-41(29-39)42-30-40(18-20-48(42)59-47)58-51-33(3)23-37(55(11,12)13)27-45(51)46-28-38(56(14,15)16)24-34(4)52(46)58/h17-30H,1-16H3. The maximum absolute atomic E-state index is 2.57. The number of rotatable bonds is 2. The number of nitrogens with zero attached hydrogens (tertiary/aromatic N) is 2.